The average Bonchev–Trinajstić information content (AvgIpc) is 2.56. The summed E-state index contributed by atoms with van der Waals surface area (Å²) < 4.78 is 2.65. The molecule has 1 heterocycles. The summed E-state index contributed by atoms with van der Waals surface area (Å²) in [6, 6.07) is 17.6. The minimum absolute atomic E-state index is 0.0832. The van der Waals surface area contributed by atoms with E-state index in [9.17, 15) is 14.7 Å². The average molecular weight is 338 g/mol. The summed E-state index contributed by atoms with van der Waals surface area (Å²) in [7, 11) is 0. The molecule has 0 atom stereocenters. The largest absolute Gasteiger partial charge is 0.493 e. The Morgan fingerprint density at radius 2 is 1.38 bits per heavy atom. The molecule has 3 rings (SSSR count). The molecule has 0 radical (unpaired) electrons. The lowest BCUT2D eigenvalue weighted by Crippen LogP contribution is -2.28. The number of Topliss-reactive ketones (excluding diaryl/α,β-unsaturated/α-hetero) is 1. The van der Waals surface area contributed by atoms with Crippen LogP contribution in [-0.4, -0.2) is 20.0 Å². The molecule has 1 aromatic heterocycles. The van der Waals surface area contributed by atoms with Crippen LogP contribution in [0, 0.1) is 4.77 Å². The second kappa shape index (κ2) is 6.25. The number of benzene rings is 2. The Morgan fingerprint density at radius 1 is 0.917 bits per heavy atom. The number of hydrogen-bond donors (Lipinski definition) is 1. The molecular formula is C18H14N2O3S. The number of nitrogens with zero attached hydrogens (tertiary/aromatic N) is 2. The van der Waals surface area contributed by atoms with Crippen LogP contribution in [0.4, 0.5) is 0 Å². The molecule has 5 nitrogen and oxygen atoms in total. The predicted molar refractivity (Wildman–Crippen MR) is 93.9 cm³/mol. The third-order valence-corrected chi connectivity index (χ3v) is 3.98. The van der Waals surface area contributed by atoms with Crippen molar-refractivity contribution in [2.75, 3.05) is 0 Å². The van der Waals surface area contributed by atoms with E-state index in [4.69, 9.17) is 12.2 Å². The van der Waals surface area contributed by atoms with Crippen LogP contribution in [0.25, 0.3) is 11.4 Å². The van der Waals surface area contributed by atoms with Crippen molar-refractivity contribution in [3.8, 4) is 17.3 Å². The van der Waals surface area contributed by atoms with Gasteiger partial charge in [-0.2, -0.15) is 0 Å². The summed E-state index contributed by atoms with van der Waals surface area (Å²) in [5.41, 5.74) is 0.159. The third-order valence-electron chi connectivity index (χ3n) is 3.62. The molecule has 24 heavy (non-hydrogen) atoms. The number of carbonyl (C=O) groups is 1. The lowest BCUT2D eigenvalue weighted by Gasteiger charge is -2.16. The van der Waals surface area contributed by atoms with Gasteiger partial charge in [-0.05, 0) is 43.4 Å². The van der Waals surface area contributed by atoms with Crippen LogP contribution in [0.2, 0.25) is 0 Å². The predicted octanol–water partition coefficient (Wildman–Crippen LogP) is 3.27. The first-order chi connectivity index (χ1) is 11.5. The molecule has 0 bridgehead atoms. The molecule has 0 aliphatic carbocycles. The van der Waals surface area contributed by atoms with Crippen molar-refractivity contribution in [3.05, 3.63) is 81.4 Å². The van der Waals surface area contributed by atoms with E-state index in [1.54, 1.807) is 48.5 Å². The lowest BCUT2D eigenvalue weighted by molar-refractivity contribution is 0.101. The first-order valence-electron chi connectivity index (χ1n) is 7.25. The maximum Gasteiger partial charge on any atom is 0.273 e. The van der Waals surface area contributed by atoms with Crippen molar-refractivity contribution in [2.45, 2.75) is 6.92 Å². The van der Waals surface area contributed by atoms with Crippen LogP contribution in [0.15, 0.2) is 65.5 Å². The van der Waals surface area contributed by atoms with Crippen molar-refractivity contribution in [2.24, 2.45) is 0 Å². The highest BCUT2D eigenvalue weighted by atomic mass is 32.1. The zero-order valence-corrected chi connectivity index (χ0v) is 13.7. The SMILES string of the molecule is CC(=O)c1c(O)n(-c2ccccc2)c(=S)n(-c2ccccc2)c1=O. The quantitative estimate of drug-likeness (QED) is 0.588. The van der Waals surface area contributed by atoms with Crippen molar-refractivity contribution in [3.63, 3.8) is 0 Å². The molecule has 0 aliphatic heterocycles. The zero-order valence-electron chi connectivity index (χ0n) is 12.8. The third kappa shape index (κ3) is 2.57. The van der Waals surface area contributed by atoms with Gasteiger partial charge in [0, 0.05) is 0 Å². The molecule has 0 spiro atoms. The van der Waals surface area contributed by atoms with Crippen LogP contribution in [0.3, 0.4) is 0 Å². The molecule has 0 saturated carbocycles. The fraction of sp³-hybridized carbons (Fsp3) is 0.0556. The molecule has 0 fully saturated rings. The summed E-state index contributed by atoms with van der Waals surface area (Å²) in [5, 5.41) is 10.5. The van der Waals surface area contributed by atoms with Gasteiger partial charge in [0.1, 0.15) is 5.56 Å². The topological polar surface area (TPSA) is 64.2 Å². The van der Waals surface area contributed by atoms with Crippen molar-refractivity contribution in [1.82, 2.24) is 9.13 Å². The standard InChI is InChI=1S/C18H14N2O3S/c1-12(21)15-16(22)19(13-8-4-2-5-9-13)18(24)20(17(15)23)14-10-6-3-7-11-14/h2-11,22H,1H3. The Morgan fingerprint density at radius 3 is 1.83 bits per heavy atom. The lowest BCUT2D eigenvalue weighted by atomic mass is 10.2. The van der Waals surface area contributed by atoms with Gasteiger partial charge in [0.15, 0.2) is 10.6 Å². The van der Waals surface area contributed by atoms with Gasteiger partial charge in [-0.25, -0.2) is 0 Å². The van der Waals surface area contributed by atoms with E-state index in [0.717, 1.165) is 0 Å². The first-order valence-corrected chi connectivity index (χ1v) is 7.66. The Labute approximate surface area is 143 Å². The fourth-order valence-electron chi connectivity index (χ4n) is 2.52. The second-order valence-corrected chi connectivity index (χ2v) is 5.55. The Hall–Kier alpha value is -2.99. The number of rotatable bonds is 3. The highest BCUT2D eigenvalue weighted by molar-refractivity contribution is 7.71. The van der Waals surface area contributed by atoms with Crippen molar-refractivity contribution < 1.29 is 9.90 Å². The summed E-state index contributed by atoms with van der Waals surface area (Å²) in [6.07, 6.45) is 0. The molecule has 6 heteroatoms. The molecule has 2 aromatic carbocycles. The van der Waals surface area contributed by atoms with Crippen LogP contribution in [0.5, 0.6) is 5.88 Å². The Bertz CT molecular complexity index is 1020. The second-order valence-electron chi connectivity index (χ2n) is 5.18. The fourth-order valence-corrected chi connectivity index (χ4v) is 2.90. The summed E-state index contributed by atoms with van der Waals surface area (Å²) in [6.45, 7) is 1.24. The molecular weight excluding hydrogens is 324 g/mol. The highest BCUT2D eigenvalue weighted by Crippen LogP contribution is 2.22. The van der Waals surface area contributed by atoms with E-state index < -0.39 is 17.2 Å². The molecule has 0 unspecified atom stereocenters. The van der Waals surface area contributed by atoms with Crippen LogP contribution in [-0.2, 0) is 0 Å². The first kappa shape index (κ1) is 15.9. The van der Waals surface area contributed by atoms with Crippen LogP contribution >= 0.6 is 12.2 Å². The van der Waals surface area contributed by atoms with Gasteiger partial charge in [-0.15, -0.1) is 0 Å². The maximum absolute atomic E-state index is 12.7. The van der Waals surface area contributed by atoms with Gasteiger partial charge in [0.25, 0.3) is 5.56 Å². The van der Waals surface area contributed by atoms with E-state index in [1.165, 1.54) is 16.1 Å². The number of hydrogen-bond acceptors (Lipinski definition) is 4. The number of para-hydroxylation sites is 2. The smallest absolute Gasteiger partial charge is 0.273 e. The zero-order chi connectivity index (χ0) is 17.3. The molecule has 0 saturated heterocycles. The molecule has 0 amide bonds. The molecule has 1 N–H and O–H groups in total. The van der Waals surface area contributed by atoms with Gasteiger partial charge in [0.05, 0.1) is 11.4 Å². The van der Waals surface area contributed by atoms with E-state index in [-0.39, 0.29) is 10.3 Å². The van der Waals surface area contributed by atoms with Gasteiger partial charge in [0.2, 0.25) is 5.88 Å². The minimum atomic E-state index is -0.636. The van der Waals surface area contributed by atoms with Gasteiger partial charge >= 0.3 is 0 Å². The normalized spacial score (nSPS) is 10.5. The van der Waals surface area contributed by atoms with Crippen LogP contribution in [0.1, 0.15) is 17.3 Å². The van der Waals surface area contributed by atoms with Gasteiger partial charge < -0.3 is 5.11 Å². The molecule has 120 valence electrons. The monoisotopic (exact) mass is 338 g/mol. The highest BCUT2D eigenvalue weighted by Gasteiger charge is 2.21. The van der Waals surface area contributed by atoms with Crippen molar-refractivity contribution >= 4 is 18.0 Å². The summed E-state index contributed by atoms with van der Waals surface area (Å²) >= 11 is 5.43. The Balaban J connectivity index is 2.49. The van der Waals surface area contributed by atoms with E-state index >= 15 is 0 Å². The molecule has 0 aliphatic rings. The summed E-state index contributed by atoms with van der Waals surface area (Å²) in [5.74, 6) is -0.974. The van der Waals surface area contributed by atoms with Crippen molar-refractivity contribution in [1.29, 1.82) is 0 Å². The van der Waals surface area contributed by atoms with Gasteiger partial charge in [-0.3, -0.25) is 18.7 Å². The minimum Gasteiger partial charge on any atom is -0.493 e. The van der Waals surface area contributed by atoms with Crippen LogP contribution < -0.4 is 5.56 Å². The number of aromatic hydroxyl groups is 1. The number of carbonyl (C=O) groups excluding carboxylic acids is 1. The molecule has 3 aromatic rings. The van der Waals surface area contributed by atoms with Gasteiger partial charge in [-0.1, -0.05) is 36.4 Å². The van der Waals surface area contributed by atoms with E-state index in [1.807, 2.05) is 12.1 Å². The maximum atomic E-state index is 12.7. The number of ketones is 1. The summed E-state index contributed by atoms with van der Waals surface area (Å²) in [4.78, 5) is 24.7. The van der Waals surface area contributed by atoms with E-state index in [2.05, 4.69) is 0 Å². The van der Waals surface area contributed by atoms with E-state index in [0.29, 0.717) is 11.4 Å². The Kier molecular flexibility index (Phi) is 4.14. The number of aromatic nitrogens is 2.